The maximum atomic E-state index is 3.60. The third kappa shape index (κ3) is 4.19. The lowest BCUT2D eigenvalue weighted by Crippen LogP contribution is -1.94. The van der Waals surface area contributed by atoms with Crippen molar-refractivity contribution in [3.63, 3.8) is 0 Å². The Morgan fingerprint density at radius 1 is 0.314 bits per heavy atom. The number of para-hydroxylation sites is 4. The van der Waals surface area contributed by atoms with Gasteiger partial charge in [-0.25, -0.2) is 0 Å². The molecule has 0 amide bonds. The van der Waals surface area contributed by atoms with E-state index in [0.717, 1.165) is 11.2 Å². The van der Waals surface area contributed by atoms with Crippen LogP contribution in [0.1, 0.15) is 0 Å². The molecule has 3 heterocycles. The molecule has 0 saturated carbocycles. The van der Waals surface area contributed by atoms with Crippen LogP contribution in [0.5, 0.6) is 0 Å². The molecule has 3 heteroatoms. The van der Waals surface area contributed by atoms with E-state index in [1.807, 2.05) is 0 Å². The highest BCUT2D eigenvalue weighted by Crippen LogP contribution is 2.39. The van der Waals surface area contributed by atoms with Gasteiger partial charge in [-0.1, -0.05) is 121 Å². The van der Waals surface area contributed by atoms with Crippen LogP contribution in [0.4, 0.5) is 0 Å². The Bertz CT molecular complexity index is 3120. The topological polar surface area (TPSA) is 25.6 Å². The Hall–Kier alpha value is -6.84. The minimum Gasteiger partial charge on any atom is -0.354 e. The van der Waals surface area contributed by atoms with Gasteiger partial charge in [-0.2, -0.15) is 0 Å². The van der Waals surface area contributed by atoms with Crippen LogP contribution in [0.15, 0.2) is 182 Å². The summed E-state index contributed by atoms with van der Waals surface area (Å²) in [6.45, 7) is 0. The van der Waals surface area contributed by atoms with Crippen molar-refractivity contribution in [1.29, 1.82) is 0 Å². The van der Waals surface area contributed by atoms with Crippen molar-refractivity contribution < 1.29 is 0 Å². The molecule has 0 aliphatic carbocycles. The second kappa shape index (κ2) is 10.8. The van der Waals surface area contributed by atoms with Crippen LogP contribution < -0.4 is 0 Å². The van der Waals surface area contributed by atoms with Crippen molar-refractivity contribution in [3.05, 3.63) is 182 Å². The molecular weight excluding hydrogens is 619 g/mol. The molecule has 3 aromatic heterocycles. The summed E-state index contributed by atoms with van der Waals surface area (Å²) in [5.41, 5.74) is 14.3. The highest BCUT2D eigenvalue weighted by molar-refractivity contribution is 6.15. The summed E-state index contributed by atoms with van der Waals surface area (Å²) in [4.78, 5) is 3.60. The molecule has 51 heavy (non-hydrogen) atoms. The molecular formula is C48H31N3. The molecule has 0 spiro atoms. The fourth-order valence-corrected chi connectivity index (χ4v) is 8.37. The molecule has 1 N–H and O–H groups in total. The number of hydrogen-bond acceptors (Lipinski definition) is 0. The van der Waals surface area contributed by atoms with Gasteiger partial charge >= 0.3 is 0 Å². The molecule has 0 saturated heterocycles. The Balaban J connectivity index is 1.08. The highest BCUT2D eigenvalue weighted by Gasteiger charge is 2.17. The van der Waals surface area contributed by atoms with E-state index in [0.29, 0.717) is 0 Å². The number of aromatic amines is 1. The van der Waals surface area contributed by atoms with Gasteiger partial charge in [-0.3, -0.25) is 0 Å². The summed E-state index contributed by atoms with van der Waals surface area (Å²) in [7, 11) is 0. The normalized spacial score (nSPS) is 11.9. The van der Waals surface area contributed by atoms with Crippen molar-refractivity contribution in [2.45, 2.75) is 0 Å². The lowest BCUT2D eigenvalue weighted by atomic mass is 9.99. The molecule has 8 aromatic carbocycles. The van der Waals surface area contributed by atoms with Crippen LogP contribution in [0, 0.1) is 0 Å². The SMILES string of the molecule is c1ccc(-n2c3ccccc3c3ccc(-c4ccc5c6ccccc6n(-c6ccc(-c7cccc8[nH]c9ccccc9c78)cc6)c5c4)cc32)cc1. The number of H-pyrrole nitrogens is 1. The quantitative estimate of drug-likeness (QED) is 0.196. The van der Waals surface area contributed by atoms with Crippen LogP contribution in [-0.4, -0.2) is 14.1 Å². The predicted molar refractivity (Wildman–Crippen MR) is 215 cm³/mol. The molecule has 0 fully saturated rings. The van der Waals surface area contributed by atoms with Crippen molar-refractivity contribution in [2.24, 2.45) is 0 Å². The molecule has 0 aliphatic rings. The Labute approximate surface area is 294 Å². The summed E-state index contributed by atoms with van der Waals surface area (Å²) in [5, 5.41) is 7.56. The average molecular weight is 650 g/mol. The van der Waals surface area contributed by atoms with Crippen LogP contribution in [0.25, 0.3) is 99.0 Å². The number of aromatic nitrogens is 3. The van der Waals surface area contributed by atoms with E-state index in [-0.39, 0.29) is 0 Å². The predicted octanol–water partition coefficient (Wildman–Crippen LogP) is 12.8. The Morgan fingerprint density at radius 2 is 0.804 bits per heavy atom. The number of benzene rings is 8. The first-order valence-electron chi connectivity index (χ1n) is 17.5. The van der Waals surface area contributed by atoms with E-state index >= 15 is 0 Å². The van der Waals surface area contributed by atoms with Crippen LogP contribution in [0.3, 0.4) is 0 Å². The second-order valence-corrected chi connectivity index (χ2v) is 13.5. The largest absolute Gasteiger partial charge is 0.354 e. The molecule has 0 unspecified atom stereocenters. The number of hydrogen-bond donors (Lipinski definition) is 1. The summed E-state index contributed by atoms with van der Waals surface area (Å²) in [6, 6.07) is 66.2. The van der Waals surface area contributed by atoms with Gasteiger partial charge in [0.2, 0.25) is 0 Å². The zero-order valence-corrected chi connectivity index (χ0v) is 27.7. The third-order valence-corrected chi connectivity index (χ3v) is 10.7. The maximum Gasteiger partial charge on any atom is 0.0547 e. The number of fused-ring (bicyclic) bond motifs is 9. The smallest absolute Gasteiger partial charge is 0.0547 e. The van der Waals surface area contributed by atoms with Gasteiger partial charge in [0.05, 0.1) is 22.1 Å². The zero-order chi connectivity index (χ0) is 33.5. The van der Waals surface area contributed by atoms with E-state index < -0.39 is 0 Å². The van der Waals surface area contributed by atoms with Crippen LogP contribution >= 0.6 is 0 Å². The molecule has 0 bridgehead atoms. The number of nitrogens with zero attached hydrogens (tertiary/aromatic N) is 2. The second-order valence-electron chi connectivity index (χ2n) is 13.5. The van der Waals surface area contributed by atoms with Crippen molar-refractivity contribution >= 4 is 65.4 Å². The van der Waals surface area contributed by atoms with Gasteiger partial charge in [0, 0.05) is 54.7 Å². The Kier molecular flexibility index (Phi) is 5.96. The fourth-order valence-electron chi connectivity index (χ4n) is 8.37. The maximum absolute atomic E-state index is 3.60. The minimum absolute atomic E-state index is 1.15. The van der Waals surface area contributed by atoms with Gasteiger partial charge in [-0.15, -0.1) is 0 Å². The summed E-state index contributed by atoms with van der Waals surface area (Å²) in [6.07, 6.45) is 0. The summed E-state index contributed by atoms with van der Waals surface area (Å²) in [5.74, 6) is 0. The van der Waals surface area contributed by atoms with E-state index in [1.54, 1.807) is 0 Å². The minimum atomic E-state index is 1.15. The first-order valence-corrected chi connectivity index (χ1v) is 17.5. The van der Waals surface area contributed by atoms with E-state index in [4.69, 9.17) is 0 Å². The van der Waals surface area contributed by atoms with Crippen LogP contribution in [0.2, 0.25) is 0 Å². The molecule has 0 aliphatic heterocycles. The average Bonchev–Trinajstić information content (AvgIpc) is 3.85. The fraction of sp³-hybridized carbons (Fsp3) is 0. The zero-order valence-electron chi connectivity index (χ0n) is 27.7. The van der Waals surface area contributed by atoms with Crippen molar-refractivity contribution in [2.75, 3.05) is 0 Å². The van der Waals surface area contributed by atoms with Crippen molar-refractivity contribution in [1.82, 2.24) is 14.1 Å². The number of rotatable bonds is 4. The molecule has 3 nitrogen and oxygen atoms in total. The lowest BCUT2D eigenvalue weighted by Gasteiger charge is -2.12. The first-order chi connectivity index (χ1) is 25.3. The van der Waals surface area contributed by atoms with Crippen LogP contribution in [-0.2, 0) is 0 Å². The number of nitrogens with one attached hydrogen (secondary N) is 1. The molecule has 11 rings (SSSR count). The monoisotopic (exact) mass is 649 g/mol. The molecule has 238 valence electrons. The summed E-state index contributed by atoms with van der Waals surface area (Å²) < 4.78 is 4.81. The van der Waals surface area contributed by atoms with Gasteiger partial charge in [0.15, 0.2) is 0 Å². The molecule has 0 atom stereocenters. The standard InChI is InChI=1S/C48H31N3/c1-2-11-34(12-3-1)50-44-19-8-5-13-37(44)39-27-23-32(29-46(39)50)33-24-28-40-38-14-6-9-20-45(38)51(47(40)30-33)35-25-21-31(22-26-35)36-16-10-18-43-48(36)41-15-4-7-17-42(41)49-43/h1-30,49H. The third-order valence-electron chi connectivity index (χ3n) is 10.7. The van der Waals surface area contributed by atoms with E-state index in [9.17, 15) is 0 Å². The molecule has 0 radical (unpaired) electrons. The summed E-state index contributed by atoms with van der Waals surface area (Å²) >= 11 is 0. The van der Waals surface area contributed by atoms with Gasteiger partial charge in [0.25, 0.3) is 0 Å². The first kappa shape index (κ1) is 28.0. The lowest BCUT2D eigenvalue weighted by molar-refractivity contribution is 1.18. The van der Waals surface area contributed by atoms with Gasteiger partial charge < -0.3 is 14.1 Å². The van der Waals surface area contributed by atoms with Gasteiger partial charge in [0.1, 0.15) is 0 Å². The Morgan fingerprint density at radius 3 is 1.45 bits per heavy atom. The van der Waals surface area contributed by atoms with Crippen molar-refractivity contribution in [3.8, 4) is 33.6 Å². The van der Waals surface area contributed by atoms with Gasteiger partial charge in [-0.05, 0) is 82.9 Å². The molecule has 11 aromatic rings. The highest BCUT2D eigenvalue weighted by atomic mass is 15.0. The van der Waals surface area contributed by atoms with E-state index in [1.165, 1.54) is 87.8 Å². The van der Waals surface area contributed by atoms with E-state index in [2.05, 4.69) is 196 Å².